The van der Waals surface area contributed by atoms with Crippen LogP contribution in [0.2, 0.25) is 0 Å². The monoisotopic (exact) mass is 140 g/mol. The fraction of sp³-hybridized carbons (Fsp3) is 0.429. The van der Waals surface area contributed by atoms with Crippen LogP contribution in [0.5, 0.6) is 0 Å². The molecule has 0 aliphatic rings. The quantitative estimate of drug-likeness (QED) is 0.633. The van der Waals surface area contributed by atoms with Crippen molar-refractivity contribution in [2.75, 3.05) is 13.1 Å². The first-order valence-corrected chi connectivity index (χ1v) is 3.30. The first-order chi connectivity index (χ1) is 4.88. The molecule has 3 nitrogen and oxygen atoms in total. The summed E-state index contributed by atoms with van der Waals surface area (Å²) in [5.74, 6) is 0.249. The predicted octanol–water partition coefficient (Wildman–Crippen LogP) is 0.281. The van der Waals surface area contributed by atoms with Gasteiger partial charge in [0, 0.05) is 19.0 Å². The maximum absolute atomic E-state index is 5.45. The molecule has 0 saturated carbocycles. The molecule has 1 rings (SSSR count). The molecule has 0 aromatic carbocycles. The second-order valence-corrected chi connectivity index (χ2v) is 2.23. The fourth-order valence-electron chi connectivity index (χ4n) is 0.876. The highest BCUT2D eigenvalue weighted by Crippen LogP contribution is 2.12. The lowest BCUT2D eigenvalue weighted by molar-refractivity contribution is 0.558. The van der Waals surface area contributed by atoms with Crippen molar-refractivity contribution >= 4 is 0 Å². The normalized spacial score (nSPS) is 10.7. The molecule has 10 heavy (non-hydrogen) atoms. The van der Waals surface area contributed by atoms with E-state index in [2.05, 4.69) is 0 Å². The summed E-state index contributed by atoms with van der Waals surface area (Å²) in [6, 6.07) is 1.89. The summed E-state index contributed by atoms with van der Waals surface area (Å²) in [5, 5.41) is 0. The summed E-state index contributed by atoms with van der Waals surface area (Å²) in [7, 11) is 0. The molecular weight excluding hydrogens is 128 g/mol. The van der Waals surface area contributed by atoms with Crippen molar-refractivity contribution in [3.8, 4) is 0 Å². The number of hydrogen-bond donors (Lipinski definition) is 2. The van der Waals surface area contributed by atoms with Crippen molar-refractivity contribution in [1.29, 1.82) is 0 Å². The lowest BCUT2D eigenvalue weighted by Gasteiger charge is -2.07. The van der Waals surface area contributed by atoms with Gasteiger partial charge in [0.2, 0.25) is 0 Å². The third-order valence-electron chi connectivity index (χ3n) is 1.58. The van der Waals surface area contributed by atoms with E-state index in [0.29, 0.717) is 13.1 Å². The van der Waals surface area contributed by atoms with E-state index in [1.54, 1.807) is 12.5 Å². The SMILES string of the molecule is NCC(CN)c1ccoc1. The van der Waals surface area contributed by atoms with E-state index in [4.69, 9.17) is 15.9 Å². The third kappa shape index (κ3) is 1.37. The molecule has 0 radical (unpaired) electrons. The molecule has 0 bridgehead atoms. The van der Waals surface area contributed by atoms with Crippen molar-refractivity contribution in [3.63, 3.8) is 0 Å². The van der Waals surface area contributed by atoms with Gasteiger partial charge in [0.1, 0.15) is 0 Å². The Kier molecular flexibility index (Phi) is 2.48. The zero-order valence-corrected chi connectivity index (χ0v) is 5.79. The van der Waals surface area contributed by atoms with E-state index in [0.717, 1.165) is 5.56 Å². The topological polar surface area (TPSA) is 65.2 Å². The molecule has 0 unspecified atom stereocenters. The molecule has 0 fully saturated rings. The predicted molar refractivity (Wildman–Crippen MR) is 39.6 cm³/mol. The van der Waals surface area contributed by atoms with Crippen molar-refractivity contribution in [2.24, 2.45) is 11.5 Å². The van der Waals surface area contributed by atoms with Gasteiger partial charge in [0.15, 0.2) is 0 Å². The van der Waals surface area contributed by atoms with E-state index in [1.807, 2.05) is 6.07 Å². The first kappa shape index (κ1) is 7.31. The van der Waals surface area contributed by atoms with Gasteiger partial charge in [-0.05, 0) is 11.6 Å². The van der Waals surface area contributed by atoms with E-state index in [-0.39, 0.29) is 5.92 Å². The summed E-state index contributed by atoms with van der Waals surface area (Å²) in [5.41, 5.74) is 12.0. The smallest absolute Gasteiger partial charge is 0.0938 e. The molecule has 3 heteroatoms. The Morgan fingerprint density at radius 2 is 2.10 bits per heavy atom. The number of rotatable bonds is 3. The Morgan fingerprint density at radius 3 is 2.50 bits per heavy atom. The summed E-state index contributed by atoms with van der Waals surface area (Å²) >= 11 is 0. The zero-order valence-electron chi connectivity index (χ0n) is 5.79. The van der Waals surface area contributed by atoms with Crippen molar-refractivity contribution in [2.45, 2.75) is 5.92 Å². The second-order valence-electron chi connectivity index (χ2n) is 2.23. The molecule has 1 aromatic heterocycles. The van der Waals surface area contributed by atoms with Crippen molar-refractivity contribution in [1.82, 2.24) is 0 Å². The van der Waals surface area contributed by atoms with Gasteiger partial charge >= 0.3 is 0 Å². The van der Waals surface area contributed by atoms with Gasteiger partial charge in [0.25, 0.3) is 0 Å². The van der Waals surface area contributed by atoms with Crippen LogP contribution in [0.1, 0.15) is 11.5 Å². The third-order valence-corrected chi connectivity index (χ3v) is 1.58. The number of furan rings is 1. The average Bonchev–Trinajstić information content (AvgIpc) is 2.43. The van der Waals surface area contributed by atoms with Crippen LogP contribution in [-0.4, -0.2) is 13.1 Å². The molecule has 0 atom stereocenters. The van der Waals surface area contributed by atoms with E-state index < -0.39 is 0 Å². The Morgan fingerprint density at radius 1 is 1.40 bits per heavy atom. The highest BCUT2D eigenvalue weighted by Gasteiger charge is 2.07. The van der Waals surface area contributed by atoms with Crippen molar-refractivity contribution < 1.29 is 4.42 Å². The van der Waals surface area contributed by atoms with Crippen LogP contribution in [-0.2, 0) is 0 Å². The summed E-state index contributed by atoms with van der Waals surface area (Å²) in [4.78, 5) is 0. The van der Waals surface area contributed by atoms with E-state index in [1.165, 1.54) is 0 Å². The van der Waals surface area contributed by atoms with Gasteiger partial charge in [-0.3, -0.25) is 0 Å². The first-order valence-electron chi connectivity index (χ1n) is 3.30. The Bertz CT molecular complexity index is 168. The summed E-state index contributed by atoms with van der Waals surface area (Å²) in [6.45, 7) is 1.16. The molecule has 0 spiro atoms. The number of nitrogens with two attached hydrogens (primary N) is 2. The van der Waals surface area contributed by atoms with Crippen LogP contribution >= 0.6 is 0 Å². The second kappa shape index (κ2) is 3.39. The fourth-order valence-corrected chi connectivity index (χ4v) is 0.876. The van der Waals surface area contributed by atoms with Crippen LogP contribution in [0.4, 0.5) is 0 Å². The molecule has 0 aliphatic carbocycles. The standard InChI is InChI=1S/C7H12N2O/c8-3-7(4-9)6-1-2-10-5-6/h1-2,5,7H,3-4,8-9H2. The maximum Gasteiger partial charge on any atom is 0.0938 e. The molecule has 0 amide bonds. The maximum atomic E-state index is 5.45. The largest absolute Gasteiger partial charge is 0.472 e. The zero-order chi connectivity index (χ0) is 7.40. The minimum absolute atomic E-state index is 0.249. The molecule has 0 aliphatic heterocycles. The van der Waals surface area contributed by atoms with Crippen LogP contribution in [0.3, 0.4) is 0 Å². The Labute approximate surface area is 60.0 Å². The average molecular weight is 140 g/mol. The Balaban J connectivity index is 2.64. The Hall–Kier alpha value is -0.800. The lowest BCUT2D eigenvalue weighted by Crippen LogP contribution is -2.20. The number of hydrogen-bond acceptors (Lipinski definition) is 3. The molecular formula is C7H12N2O. The van der Waals surface area contributed by atoms with Gasteiger partial charge in [-0.25, -0.2) is 0 Å². The van der Waals surface area contributed by atoms with E-state index >= 15 is 0 Å². The van der Waals surface area contributed by atoms with Gasteiger partial charge in [-0.1, -0.05) is 0 Å². The molecule has 0 saturated heterocycles. The molecule has 1 aromatic rings. The van der Waals surface area contributed by atoms with Crippen molar-refractivity contribution in [3.05, 3.63) is 24.2 Å². The van der Waals surface area contributed by atoms with Gasteiger partial charge in [-0.15, -0.1) is 0 Å². The highest BCUT2D eigenvalue weighted by atomic mass is 16.3. The van der Waals surface area contributed by atoms with Gasteiger partial charge in [0.05, 0.1) is 12.5 Å². The molecule has 4 N–H and O–H groups in total. The van der Waals surface area contributed by atoms with Gasteiger partial charge in [-0.2, -0.15) is 0 Å². The summed E-state index contributed by atoms with van der Waals surface area (Å²) < 4.78 is 4.89. The van der Waals surface area contributed by atoms with Crippen LogP contribution in [0.25, 0.3) is 0 Å². The minimum atomic E-state index is 0.249. The summed E-state index contributed by atoms with van der Waals surface area (Å²) in [6.07, 6.45) is 3.32. The lowest BCUT2D eigenvalue weighted by atomic mass is 10.0. The van der Waals surface area contributed by atoms with E-state index in [9.17, 15) is 0 Å². The molecule has 56 valence electrons. The highest BCUT2D eigenvalue weighted by molar-refractivity contribution is 5.13. The van der Waals surface area contributed by atoms with Gasteiger partial charge < -0.3 is 15.9 Å². The minimum Gasteiger partial charge on any atom is -0.472 e. The van der Waals surface area contributed by atoms with Crippen LogP contribution in [0.15, 0.2) is 23.0 Å². The molecule has 1 heterocycles. The van der Waals surface area contributed by atoms with Crippen LogP contribution < -0.4 is 11.5 Å². The van der Waals surface area contributed by atoms with Crippen LogP contribution in [0, 0.1) is 0 Å².